The van der Waals surface area contributed by atoms with Gasteiger partial charge in [-0.1, -0.05) is 13.8 Å². The molecule has 10 heteroatoms. The van der Waals surface area contributed by atoms with Crippen molar-refractivity contribution in [2.24, 2.45) is 34.3 Å². The zero-order valence-corrected chi connectivity index (χ0v) is 18.8. The quantitative estimate of drug-likeness (QED) is 0.618. The number of hydrogen-bond acceptors (Lipinski definition) is 4. The van der Waals surface area contributed by atoms with Gasteiger partial charge in [-0.3, -0.25) is 14.4 Å². The summed E-state index contributed by atoms with van der Waals surface area (Å²) in [7, 11) is 0. The first-order chi connectivity index (χ1) is 16.0. The number of nitrogens with one attached hydrogen (secondary N) is 2. The van der Waals surface area contributed by atoms with Crippen molar-refractivity contribution < 1.29 is 23.2 Å². The molecule has 1 aromatic heterocycles. The molecule has 0 bridgehead atoms. The van der Waals surface area contributed by atoms with E-state index in [1.807, 2.05) is 13.8 Å². The van der Waals surface area contributed by atoms with Crippen molar-refractivity contribution in [2.75, 3.05) is 13.1 Å². The minimum absolute atomic E-state index is 0.00341. The number of carbonyl (C=O) groups excluding carboxylic acids is 3. The lowest BCUT2D eigenvalue weighted by atomic mass is 9.73. The second-order valence-electron chi connectivity index (χ2n) is 10.2. The first kappa shape index (κ1) is 22.3. The number of halogens is 2. The molecule has 0 spiro atoms. The first-order valence-corrected chi connectivity index (χ1v) is 11.3. The zero-order valence-electron chi connectivity index (χ0n) is 18.8. The summed E-state index contributed by atoms with van der Waals surface area (Å²) in [5.41, 5.74) is 4.62. The average molecular weight is 469 g/mol. The second-order valence-corrected chi connectivity index (χ2v) is 10.2. The molecule has 0 radical (unpaired) electrons. The highest BCUT2D eigenvalue weighted by Gasteiger charge is 2.83. The smallest absolute Gasteiger partial charge is 0.271 e. The number of aromatic nitrogens is 1. The SMILES string of the molecule is CC1(C)C2CN(C(=O)c3cc4c(F)cc(F)cc4[nH]3)C(C(N)=O)C21[C@@H](C#N)C[C@H]1CCNC1=O. The molecule has 1 saturated carbocycles. The Hall–Kier alpha value is -3.48. The molecule has 2 aromatic rings. The molecule has 3 aliphatic rings. The third-order valence-electron chi connectivity index (χ3n) is 8.45. The number of aromatic amines is 1. The number of likely N-dealkylation sites (tertiary alicyclic amines) is 1. The monoisotopic (exact) mass is 469 g/mol. The van der Waals surface area contributed by atoms with Gasteiger partial charge in [0.05, 0.1) is 17.5 Å². The summed E-state index contributed by atoms with van der Waals surface area (Å²) in [6.45, 7) is 4.65. The highest BCUT2D eigenvalue weighted by Crippen LogP contribution is 2.78. The van der Waals surface area contributed by atoms with Gasteiger partial charge >= 0.3 is 0 Å². The third-order valence-corrected chi connectivity index (χ3v) is 8.45. The molecule has 5 rings (SSSR count). The van der Waals surface area contributed by atoms with Crippen molar-refractivity contribution in [1.29, 1.82) is 5.26 Å². The van der Waals surface area contributed by atoms with E-state index in [0.717, 1.165) is 12.1 Å². The average Bonchev–Trinajstić information content (AvgIpc) is 3.29. The lowest BCUT2D eigenvalue weighted by molar-refractivity contribution is -0.125. The number of piperidine rings is 1. The molecule has 2 aliphatic heterocycles. The molecule has 2 saturated heterocycles. The molecular formula is C24H25F2N5O3. The van der Waals surface area contributed by atoms with E-state index >= 15 is 0 Å². The molecule has 34 heavy (non-hydrogen) atoms. The summed E-state index contributed by atoms with van der Waals surface area (Å²) < 4.78 is 27.8. The molecule has 178 valence electrons. The van der Waals surface area contributed by atoms with Gasteiger partial charge in [-0.25, -0.2) is 8.78 Å². The van der Waals surface area contributed by atoms with Crippen LogP contribution in [0.2, 0.25) is 0 Å². The highest BCUT2D eigenvalue weighted by atomic mass is 19.1. The number of nitriles is 1. The molecule has 5 atom stereocenters. The largest absolute Gasteiger partial charge is 0.368 e. The van der Waals surface area contributed by atoms with Gasteiger partial charge in [-0.15, -0.1) is 0 Å². The molecular weight excluding hydrogens is 444 g/mol. The molecule has 3 unspecified atom stereocenters. The fourth-order valence-corrected chi connectivity index (χ4v) is 6.83. The third kappa shape index (κ3) is 2.82. The van der Waals surface area contributed by atoms with E-state index in [1.165, 1.54) is 11.0 Å². The number of fused-ring (bicyclic) bond motifs is 2. The van der Waals surface area contributed by atoms with Gasteiger partial charge in [0, 0.05) is 35.9 Å². The number of H-pyrrole nitrogens is 1. The van der Waals surface area contributed by atoms with E-state index in [2.05, 4.69) is 16.4 Å². The predicted octanol–water partition coefficient (Wildman–Crippen LogP) is 2.06. The molecule has 3 amide bonds. The van der Waals surface area contributed by atoms with Gasteiger partial charge < -0.3 is 20.9 Å². The topological polar surface area (TPSA) is 132 Å². The standard InChI is InChI=1S/C24H25F2N5O3/c1-23(2)18-10-31(22(34)17-8-14-15(26)6-13(25)7-16(14)30-17)19(20(28)32)24(18,23)12(9-27)5-11-3-4-29-21(11)33/h6-8,11-12,18-19,30H,3-5,10H2,1-2H3,(H2,28,32)(H,29,33)/t11-,12-,18?,19?,24?/m1/s1. The normalized spacial score (nSPS) is 30.0. The number of hydrogen-bond donors (Lipinski definition) is 3. The van der Waals surface area contributed by atoms with Crippen molar-refractivity contribution >= 4 is 28.6 Å². The van der Waals surface area contributed by atoms with Gasteiger partial charge in [-0.2, -0.15) is 5.26 Å². The van der Waals surface area contributed by atoms with Crippen LogP contribution in [-0.4, -0.2) is 46.7 Å². The van der Waals surface area contributed by atoms with Gasteiger partial charge in [0.1, 0.15) is 23.4 Å². The van der Waals surface area contributed by atoms with Crippen molar-refractivity contribution in [1.82, 2.24) is 15.2 Å². The fraction of sp³-hybridized carbons (Fsp3) is 0.500. The molecule has 3 fully saturated rings. The van der Waals surface area contributed by atoms with Crippen molar-refractivity contribution in [3.63, 3.8) is 0 Å². The van der Waals surface area contributed by atoms with Crippen LogP contribution in [0.3, 0.4) is 0 Å². The van der Waals surface area contributed by atoms with Crippen LogP contribution in [0, 0.1) is 51.5 Å². The van der Waals surface area contributed by atoms with E-state index in [1.54, 1.807) is 0 Å². The maximum atomic E-state index is 14.2. The van der Waals surface area contributed by atoms with Crippen LogP contribution in [0.1, 0.15) is 37.2 Å². The molecule has 4 N–H and O–H groups in total. The predicted molar refractivity (Wildman–Crippen MR) is 117 cm³/mol. The van der Waals surface area contributed by atoms with E-state index in [9.17, 15) is 28.4 Å². The minimum atomic E-state index is -1.07. The number of nitrogens with zero attached hydrogens (tertiary/aromatic N) is 2. The summed E-state index contributed by atoms with van der Waals surface area (Å²) in [5.74, 6) is -4.17. The Morgan fingerprint density at radius 2 is 2.06 bits per heavy atom. The maximum Gasteiger partial charge on any atom is 0.271 e. The van der Waals surface area contributed by atoms with E-state index in [-0.39, 0.29) is 47.3 Å². The number of rotatable bonds is 5. The number of nitrogens with two attached hydrogens (primary N) is 1. The van der Waals surface area contributed by atoms with Gasteiger partial charge in [0.15, 0.2) is 0 Å². The van der Waals surface area contributed by atoms with Gasteiger partial charge in [0.25, 0.3) is 5.91 Å². The van der Waals surface area contributed by atoms with Crippen LogP contribution in [0.15, 0.2) is 18.2 Å². The summed E-state index contributed by atoms with van der Waals surface area (Å²) >= 11 is 0. The molecule has 1 aromatic carbocycles. The Labute approximate surface area is 194 Å². The Balaban J connectivity index is 1.52. The Kier molecular flexibility index (Phi) is 4.76. The van der Waals surface area contributed by atoms with E-state index in [0.29, 0.717) is 13.0 Å². The lowest BCUT2D eigenvalue weighted by Crippen LogP contribution is -2.53. The van der Waals surface area contributed by atoms with Crippen LogP contribution in [0.4, 0.5) is 8.78 Å². The van der Waals surface area contributed by atoms with Crippen LogP contribution in [0.5, 0.6) is 0 Å². The molecule has 3 heterocycles. The number of benzene rings is 1. The summed E-state index contributed by atoms with van der Waals surface area (Å²) in [4.78, 5) is 42.5. The lowest BCUT2D eigenvalue weighted by Gasteiger charge is -2.36. The maximum absolute atomic E-state index is 14.2. The highest BCUT2D eigenvalue weighted by molar-refractivity contribution is 6.01. The first-order valence-electron chi connectivity index (χ1n) is 11.3. The number of amides is 3. The molecule has 8 nitrogen and oxygen atoms in total. The fourth-order valence-electron chi connectivity index (χ4n) is 6.83. The molecule has 1 aliphatic carbocycles. The van der Waals surface area contributed by atoms with Crippen molar-refractivity contribution in [2.45, 2.75) is 32.7 Å². The van der Waals surface area contributed by atoms with E-state index in [4.69, 9.17) is 5.73 Å². The second kappa shape index (κ2) is 7.26. The zero-order chi connectivity index (χ0) is 24.6. The van der Waals surface area contributed by atoms with Gasteiger partial charge in [-0.05, 0) is 36.3 Å². The van der Waals surface area contributed by atoms with Crippen LogP contribution in [-0.2, 0) is 9.59 Å². The van der Waals surface area contributed by atoms with Crippen LogP contribution < -0.4 is 11.1 Å². The van der Waals surface area contributed by atoms with Crippen LogP contribution >= 0.6 is 0 Å². The van der Waals surface area contributed by atoms with Crippen molar-refractivity contribution in [3.8, 4) is 6.07 Å². The number of carbonyl (C=O) groups is 3. The Morgan fingerprint density at radius 1 is 1.32 bits per heavy atom. The summed E-state index contributed by atoms with van der Waals surface area (Å²) in [6, 6.07) is 4.37. The van der Waals surface area contributed by atoms with Crippen molar-refractivity contribution in [3.05, 3.63) is 35.5 Å². The van der Waals surface area contributed by atoms with Crippen LogP contribution in [0.25, 0.3) is 10.9 Å². The summed E-state index contributed by atoms with van der Waals surface area (Å²) in [5, 5.41) is 13.0. The van der Waals surface area contributed by atoms with E-state index < -0.39 is 46.2 Å². The number of primary amides is 1. The Bertz CT molecular complexity index is 1280. The Morgan fingerprint density at radius 3 is 2.68 bits per heavy atom. The summed E-state index contributed by atoms with van der Waals surface area (Å²) in [6.07, 6.45) is 0.893. The minimum Gasteiger partial charge on any atom is -0.368 e. The van der Waals surface area contributed by atoms with Gasteiger partial charge in [0.2, 0.25) is 11.8 Å².